The van der Waals surface area contributed by atoms with Crippen LogP contribution in [-0.2, 0) is 5.92 Å². The third-order valence-corrected chi connectivity index (χ3v) is 3.90. The van der Waals surface area contributed by atoms with Gasteiger partial charge in [-0.05, 0) is 45.3 Å². The van der Waals surface area contributed by atoms with Crippen molar-refractivity contribution in [2.24, 2.45) is 5.92 Å². The Hall–Kier alpha value is -0.960. The van der Waals surface area contributed by atoms with E-state index in [1.165, 1.54) is 12.1 Å². The molecule has 0 spiro atoms. The van der Waals surface area contributed by atoms with Crippen molar-refractivity contribution >= 4 is 0 Å². The maximum Gasteiger partial charge on any atom is 0.273 e. The van der Waals surface area contributed by atoms with Crippen LogP contribution in [0.15, 0.2) is 30.3 Å². The predicted octanol–water partition coefficient (Wildman–Crippen LogP) is 3.90. The lowest BCUT2D eigenvalue weighted by atomic mass is 9.90. The average Bonchev–Trinajstić information content (AvgIpc) is 2.39. The first-order valence-corrected chi connectivity index (χ1v) is 6.70. The zero-order chi connectivity index (χ0) is 13.0. The molecule has 1 fully saturated rings. The number of hydrogen-bond acceptors (Lipinski definition) is 1. The Labute approximate surface area is 108 Å². The van der Waals surface area contributed by atoms with E-state index in [-0.39, 0.29) is 12.0 Å². The molecule has 100 valence electrons. The van der Waals surface area contributed by atoms with Crippen LogP contribution in [0.25, 0.3) is 0 Å². The van der Waals surface area contributed by atoms with Gasteiger partial charge in [0.15, 0.2) is 0 Å². The molecule has 0 saturated carbocycles. The van der Waals surface area contributed by atoms with E-state index in [1.807, 2.05) is 0 Å². The largest absolute Gasteiger partial charge is 0.306 e. The number of halogens is 2. The van der Waals surface area contributed by atoms with E-state index in [0.29, 0.717) is 12.3 Å². The molecule has 1 aromatic carbocycles. The Balaban J connectivity index is 1.86. The van der Waals surface area contributed by atoms with Crippen LogP contribution in [-0.4, -0.2) is 25.0 Å². The first-order valence-electron chi connectivity index (χ1n) is 6.70. The van der Waals surface area contributed by atoms with Crippen LogP contribution in [0.2, 0.25) is 0 Å². The van der Waals surface area contributed by atoms with Gasteiger partial charge in [0.25, 0.3) is 5.92 Å². The van der Waals surface area contributed by atoms with Gasteiger partial charge in [0.1, 0.15) is 0 Å². The van der Waals surface area contributed by atoms with Crippen molar-refractivity contribution in [3.05, 3.63) is 35.9 Å². The third-order valence-electron chi connectivity index (χ3n) is 3.90. The second-order valence-corrected chi connectivity index (χ2v) is 5.36. The van der Waals surface area contributed by atoms with Gasteiger partial charge in [0.2, 0.25) is 0 Å². The lowest BCUT2D eigenvalue weighted by Crippen LogP contribution is -2.30. The SMILES string of the molecule is CN1CCC(CCC(F)(F)c2ccccc2)CC1. The molecule has 18 heavy (non-hydrogen) atoms. The van der Waals surface area contributed by atoms with E-state index < -0.39 is 5.92 Å². The zero-order valence-corrected chi connectivity index (χ0v) is 10.9. The maximum absolute atomic E-state index is 14.0. The minimum atomic E-state index is -2.68. The molecule has 1 saturated heterocycles. The van der Waals surface area contributed by atoms with Crippen LogP contribution >= 0.6 is 0 Å². The third kappa shape index (κ3) is 3.52. The van der Waals surface area contributed by atoms with Crippen molar-refractivity contribution in [2.45, 2.75) is 31.6 Å². The van der Waals surface area contributed by atoms with Crippen LogP contribution in [0.5, 0.6) is 0 Å². The van der Waals surface area contributed by atoms with Gasteiger partial charge in [-0.25, -0.2) is 8.78 Å². The van der Waals surface area contributed by atoms with E-state index in [1.54, 1.807) is 18.2 Å². The molecule has 0 aromatic heterocycles. The molecule has 0 bridgehead atoms. The summed E-state index contributed by atoms with van der Waals surface area (Å²) in [7, 11) is 2.09. The van der Waals surface area contributed by atoms with Gasteiger partial charge >= 0.3 is 0 Å². The Kier molecular flexibility index (Phi) is 4.33. The van der Waals surface area contributed by atoms with Crippen molar-refractivity contribution in [1.82, 2.24) is 4.90 Å². The minimum absolute atomic E-state index is 0.0224. The molecule has 2 rings (SSSR count). The molecule has 0 aliphatic carbocycles. The number of likely N-dealkylation sites (tertiary alicyclic amines) is 1. The highest BCUT2D eigenvalue weighted by molar-refractivity contribution is 5.19. The van der Waals surface area contributed by atoms with Gasteiger partial charge in [-0.1, -0.05) is 30.3 Å². The predicted molar refractivity (Wildman–Crippen MR) is 69.8 cm³/mol. The molecule has 1 nitrogen and oxygen atoms in total. The molecule has 0 atom stereocenters. The van der Waals surface area contributed by atoms with E-state index in [9.17, 15) is 8.78 Å². The van der Waals surface area contributed by atoms with E-state index in [0.717, 1.165) is 25.9 Å². The molecule has 1 aliphatic heterocycles. The number of benzene rings is 1. The average molecular weight is 253 g/mol. The van der Waals surface area contributed by atoms with E-state index in [2.05, 4.69) is 11.9 Å². The van der Waals surface area contributed by atoms with Crippen LogP contribution in [0.1, 0.15) is 31.2 Å². The van der Waals surface area contributed by atoms with Crippen LogP contribution < -0.4 is 0 Å². The fourth-order valence-corrected chi connectivity index (χ4v) is 2.56. The maximum atomic E-state index is 14.0. The van der Waals surface area contributed by atoms with Crippen molar-refractivity contribution in [1.29, 1.82) is 0 Å². The first kappa shape index (κ1) is 13.5. The van der Waals surface area contributed by atoms with Crippen LogP contribution in [0, 0.1) is 5.92 Å². The molecule has 0 N–H and O–H groups in total. The summed E-state index contributed by atoms with van der Waals surface area (Å²) in [6.45, 7) is 2.09. The van der Waals surface area contributed by atoms with E-state index >= 15 is 0 Å². The fraction of sp³-hybridized carbons (Fsp3) is 0.600. The highest BCUT2D eigenvalue weighted by Gasteiger charge is 2.32. The molecule has 0 radical (unpaired) electrons. The van der Waals surface area contributed by atoms with Crippen molar-refractivity contribution in [2.75, 3.05) is 20.1 Å². The quantitative estimate of drug-likeness (QED) is 0.786. The Bertz CT molecular complexity index is 356. The highest BCUT2D eigenvalue weighted by atomic mass is 19.3. The molecule has 1 aromatic rings. The van der Waals surface area contributed by atoms with Gasteiger partial charge in [-0.2, -0.15) is 0 Å². The highest BCUT2D eigenvalue weighted by Crippen LogP contribution is 2.35. The summed E-state index contributed by atoms with van der Waals surface area (Å²) >= 11 is 0. The zero-order valence-electron chi connectivity index (χ0n) is 10.9. The van der Waals surface area contributed by atoms with Gasteiger partial charge in [-0.3, -0.25) is 0 Å². The van der Waals surface area contributed by atoms with Crippen molar-refractivity contribution in [3.8, 4) is 0 Å². The monoisotopic (exact) mass is 253 g/mol. The minimum Gasteiger partial charge on any atom is -0.306 e. The molecule has 0 amide bonds. The molecule has 1 heterocycles. The smallest absolute Gasteiger partial charge is 0.273 e. The molecular weight excluding hydrogens is 232 g/mol. The molecule has 1 aliphatic rings. The van der Waals surface area contributed by atoms with Gasteiger partial charge in [0.05, 0.1) is 0 Å². The molecular formula is C15H21F2N. The summed E-state index contributed by atoms with van der Waals surface area (Å²) < 4.78 is 28.0. The summed E-state index contributed by atoms with van der Waals surface area (Å²) in [6.07, 6.45) is 2.73. The van der Waals surface area contributed by atoms with E-state index in [4.69, 9.17) is 0 Å². The number of hydrogen-bond donors (Lipinski definition) is 0. The Morgan fingerprint density at radius 2 is 1.78 bits per heavy atom. The van der Waals surface area contributed by atoms with Gasteiger partial charge < -0.3 is 4.90 Å². The summed E-state index contributed by atoms with van der Waals surface area (Å²) in [6, 6.07) is 8.18. The number of piperidine rings is 1. The second-order valence-electron chi connectivity index (χ2n) is 5.36. The fourth-order valence-electron chi connectivity index (χ4n) is 2.56. The Morgan fingerprint density at radius 1 is 1.17 bits per heavy atom. The lowest BCUT2D eigenvalue weighted by molar-refractivity contribution is -0.0213. The number of rotatable bonds is 4. The standard InChI is InChI=1S/C15H21F2N/c1-18-11-8-13(9-12-18)7-10-15(16,17)14-5-3-2-4-6-14/h2-6,13H,7-12H2,1H3. The summed E-state index contributed by atoms with van der Waals surface area (Å²) in [5.74, 6) is -2.21. The lowest BCUT2D eigenvalue weighted by Gasteiger charge is -2.29. The van der Waals surface area contributed by atoms with Crippen LogP contribution in [0.3, 0.4) is 0 Å². The molecule has 3 heteroatoms. The van der Waals surface area contributed by atoms with Gasteiger partial charge in [-0.15, -0.1) is 0 Å². The summed E-state index contributed by atoms with van der Waals surface area (Å²) in [4.78, 5) is 2.27. The van der Waals surface area contributed by atoms with Crippen LogP contribution in [0.4, 0.5) is 8.78 Å². The summed E-state index contributed by atoms with van der Waals surface area (Å²) in [5, 5.41) is 0. The summed E-state index contributed by atoms with van der Waals surface area (Å²) in [5.41, 5.74) is 0.151. The van der Waals surface area contributed by atoms with Crippen molar-refractivity contribution < 1.29 is 8.78 Å². The first-order chi connectivity index (χ1) is 8.58. The number of alkyl halides is 2. The normalized spacial score (nSPS) is 19.1. The number of nitrogens with zero attached hydrogens (tertiary/aromatic N) is 1. The molecule has 0 unspecified atom stereocenters. The van der Waals surface area contributed by atoms with Gasteiger partial charge in [0, 0.05) is 12.0 Å². The second kappa shape index (κ2) is 5.79. The Morgan fingerprint density at radius 3 is 2.39 bits per heavy atom. The van der Waals surface area contributed by atoms with Crippen molar-refractivity contribution in [3.63, 3.8) is 0 Å². The topological polar surface area (TPSA) is 3.24 Å².